The number of cyclic esters (lactones) is 1. The van der Waals surface area contributed by atoms with E-state index in [2.05, 4.69) is 13.2 Å². The van der Waals surface area contributed by atoms with E-state index in [1.165, 1.54) is 0 Å². The van der Waals surface area contributed by atoms with Crippen LogP contribution in [-0.4, -0.2) is 30.2 Å². The molecule has 0 saturated carbocycles. The molecule has 1 aliphatic rings. The number of ether oxygens (including phenoxy) is 1. The van der Waals surface area contributed by atoms with Crippen molar-refractivity contribution in [1.82, 2.24) is 4.90 Å². The first-order valence-electron chi connectivity index (χ1n) is 3.96. The van der Waals surface area contributed by atoms with Crippen LogP contribution in [0.15, 0.2) is 25.3 Å². The van der Waals surface area contributed by atoms with Gasteiger partial charge >= 0.3 is 6.09 Å². The van der Waals surface area contributed by atoms with Crippen molar-refractivity contribution in [1.29, 1.82) is 0 Å². The Bertz CT molecular complexity index is 201. The number of nitrogens with zero attached hydrogens (tertiary/aromatic N) is 1. The molecule has 3 heteroatoms. The monoisotopic (exact) mass is 167 g/mol. The lowest BCUT2D eigenvalue weighted by molar-refractivity contribution is 0.158. The molecule has 0 aromatic heterocycles. The number of hydrogen-bond donors (Lipinski definition) is 0. The molecule has 66 valence electrons. The van der Waals surface area contributed by atoms with Crippen molar-refractivity contribution in [3.8, 4) is 0 Å². The van der Waals surface area contributed by atoms with Gasteiger partial charge in [0.1, 0.15) is 6.61 Å². The Labute approximate surface area is 72.3 Å². The van der Waals surface area contributed by atoms with Crippen molar-refractivity contribution in [2.24, 2.45) is 0 Å². The average molecular weight is 167 g/mol. The zero-order valence-electron chi connectivity index (χ0n) is 7.03. The van der Waals surface area contributed by atoms with Crippen LogP contribution < -0.4 is 0 Å². The summed E-state index contributed by atoms with van der Waals surface area (Å²) >= 11 is 0. The molecule has 0 N–H and O–H groups in total. The van der Waals surface area contributed by atoms with Gasteiger partial charge in [0.2, 0.25) is 0 Å². The number of carbonyl (C=O) groups excluding carboxylic acids is 1. The standard InChI is InChI=1S/C9H13NO2/c1-3-5-6-10-8(4-2)7-12-9(10)11/h3-4,8H,1-2,5-7H2/t8-/m0/s1. The van der Waals surface area contributed by atoms with Crippen LogP contribution >= 0.6 is 0 Å². The van der Waals surface area contributed by atoms with E-state index in [0.717, 1.165) is 6.42 Å². The third kappa shape index (κ3) is 1.67. The first kappa shape index (κ1) is 8.84. The van der Waals surface area contributed by atoms with E-state index in [1.54, 1.807) is 17.1 Å². The predicted octanol–water partition coefficient (Wildman–Crippen LogP) is 1.57. The van der Waals surface area contributed by atoms with E-state index >= 15 is 0 Å². The van der Waals surface area contributed by atoms with Crippen LogP contribution in [0.25, 0.3) is 0 Å². The van der Waals surface area contributed by atoms with Gasteiger partial charge in [-0.25, -0.2) is 4.79 Å². The highest BCUT2D eigenvalue weighted by atomic mass is 16.6. The Morgan fingerprint density at radius 1 is 1.67 bits per heavy atom. The summed E-state index contributed by atoms with van der Waals surface area (Å²) in [6, 6.07) is 0.0393. The predicted molar refractivity (Wildman–Crippen MR) is 46.9 cm³/mol. The molecule has 1 saturated heterocycles. The molecule has 1 aliphatic heterocycles. The second kappa shape index (κ2) is 3.95. The number of amides is 1. The lowest BCUT2D eigenvalue weighted by Gasteiger charge is -2.16. The third-order valence-electron chi connectivity index (χ3n) is 1.86. The molecule has 0 aromatic carbocycles. The summed E-state index contributed by atoms with van der Waals surface area (Å²) < 4.78 is 4.85. The summed E-state index contributed by atoms with van der Waals surface area (Å²) in [7, 11) is 0. The van der Waals surface area contributed by atoms with E-state index in [0.29, 0.717) is 13.2 Å². The molecule has 1 atom stereocenters. The van der Waals surface area contributed by atoms with Gasteiger partial charge in [-0.15, -0.1) is 13.2 Å². The second-order valence-electron chi connectivity index (χ2n) is 2.65. The van der Waals surface area contributed by atoms with E-state index in [1.807, 2.05) is 0 Å². The van der Waals surface area contributed by atoms with Crippen molar-refractivity contribution in [2.75, 3.05) is 13.2 Å². The fourth-order valence-electron chi connectivity index (χ4n) is 1.15. The number of rotatable bonds is 4. The minimum atomic E-state index is -0.248. The highest BCUT2D eigenvalue weighted by molar-refractivity contribution is 5.70. The van der Waals surface area contributed by atoms with E-state index < -0.39 is 0 Å². The molecule has 0 radical (unpaired) electrons. The molecule has 1 rings (SSSR count). The van der Waals surface area contributed by atoms with Gasteiger partial charge in [-0.2, -0.15) is 0 Å². The molecule has 0 unspecified atom stereocenters. The molecule has 0 bridgehead atoms. The normalized spacial score (nSPS) is 22.2. The van der Waals surface area contributed by atoms with Crippen LogP contribution in [-0.2, 0) is 4.74 Å². The molecular formula is C9H13NO2. The molecule has 1 heterocycles. The van der Waals surface area contributed by atoms with Crippen molar-refractivity contribution in [3.63, 3.8) is 0 Å². The van der Waals surface area contributed by atoms with E-state index in [-0.39, 0.29) is 12.1 Å². The lowest BCUT2D eigenvalue weighted by atomic mass is 10.2. The summed E-state index contributed by atoms with van der Waals surface area (Å²) in [5.41, 5.74) is 0. The van der Waals surface area contributed by atoms with Gasteiger partial charge in [0.05, 0.1) is 6.04 Å². The Balaban J connectivity index is 2.51. The fourth-order valence-corrected chi connectivity index (χ4v) is 1.15. The van der Waals surface area contributed by atoms with Gasteiger partial charge in [0, 0.05) is 6.54 Å². The van der Waals surface area contributed by atoms with Crippen molar-refractivity contribution in [2.45, 2.75) is 12.5 Å². The van der Waals surface area contributed by atoms with E-state index in [9.17, 15) is 4.79 Å². The topological polar surface area (TPSA) is 29.5 Å². The molecule has 1 fully saturated rings. The molecule has 1 amide bonds. The van der Waals surface area contributed by atoms with Gasteiger partial charge in [-0.1, -0.05) is 12.2 Å². The molecular weight excluding hydrogens is 154 g/mol. The maximum absolute atomic E-state index is 11.1. The Morgan fingerprint density at radius 3 is 3.00 bits per heavy atom. The number of hydrogen-bond acceptors (Lipinski definition) is 2. The zero-order valence-corrected chi connectivity index (χ0v) is 7.03. The Hall–Kier alpha value is -1.25. The quantitative estimate of drug-likeness (QED) is 0.595. The highest BCUT2D eigenvalue weighted by Gasteiger charge is 2.29. The van der Waals surface area contributed by atoms with Crippen molar-refractivity contribution in [3.05, 3.63) is 25.3 Å². The smallest absolute Gasteiger partial charge is 0.410 e. The van der Waals surface area contributed by atoms with Crippen LogP contribution in [0.2, 0.25) is 0 Å². The van der Waals surface area contributed by atoms with E-state index in [4.69, 9.17) is 4.74 Å². The Morgan fingerprint density at radius 2 is 2.42 bits per heavy atom. The van der Waals surface area contributed by atoms with Gasteiger partial charge in [-0.3, -0.25) is 4.90 Å². The van der Waals surface area contributed by atoms with Crippen LogP contribution in [0.5, 0.6) is 0 Å². The summed E-state index contributed by atoms with van der Waals surface area (Å²) in [5, 5.41) is 0. The SMILES string of the molecule is C=CCCN1C(=O)OC[C@@H]1C=C. The third-order valence-corrected chi connectivity index (χ3v) is 1.86. The van der Waals surface area contributed by atoms with Crippen LogP contribution in [0.1, 0.15) is 6.42 Å². The summed E-state index contributed by atoms with van der Waals surface area (Å²) in [4.78, 5) is 12.7. The maximum atomic E-state index is 11.1. The van der Waals surface area contributed by atoms with Crippen LogP contribution in [0.4, 0.5) is 4.79 Å². The van der Waals surface area contributed by atoms with Gasteiger partial charge in [0.25, 0.3) is 0 Å². The average Bonchev–Trinajstić information content (AvgIpc) is 2.43. The summed E-state index contributed by atoms with van der Waals surface area (Å²) in [5.74, 6) is 0. The van der Waals surface area contributed by atoms with Crippen LogP contribution in [0, 0.1) is 0 Å². The molecule has 3 nitrogen and oxygen atoms in total. The minimum absolute atomic E-state index is 0.0393. The molecule has 0 aromatic rings. The fraction of sp³-hybridized carbons (Fsp3) is 0.444. The molecule has 0 spiro atoms. The number of carbonyl (C=O) groups is 1. The minimum Gasteiger partial charge on any atom is -0.447 e. The Kier molecular flexibility index (Phi) is 2.91. The highest BCUT2D eigenvalue weighted by Crippen LogP contribution is 2.13. The maximum Gasteiger partial charge on any atom is 0.410 e. The van der Waals surface area contributed by atoms with Crippen molar-refractivity contribution >= 4 is 6.09 Å². The van der Waals surface area contributed by atoms with Crippen LogP contribution in [0.3, 0.4) is 0 Å². The zero-order chi connectivity index (χ0) is 8.97. The second-order valence-corrected chi connectivity index (χ2v) is 2.65. The first-order chi connectivity index (χ1) is 5.79. The van der Waals surface area contributed by atoms with Gasteiger partial charge < -0.3 is 4.74 Å². The molecule has 12 heavy (non-hydrogen) atoms. The summed E-state index contributed by atoms with van der Waals surface area (Å²) in [6.07, 6.45) is 4.06. The summed E-state index contributed by atoms with van der Waals surface area (Å²) in [6.45, 7) is 8.32. The lowest BCUT2D eigenvalue weighted by Crippen LogP contribution is -2.32. The van der Waals surface area contributed by atoms with Gasteiger partial charge in [-0.05, 0) is 6.42 Å². The molecule has 0 aliphatic carbocycles. The first-order valence-corrected chi connectivity index (χ1v) is 3.96. The largest absolute Gasteiger partial charge is 0.447 e. The van der Waals surface area contributed by atoms with Gasteiger partial charge in [0.15, 0.2) is 0 Å². The van der Waals surface area contributed by atoms with Crippen molar-refractivity contribution < 1.29 is 9.53 Å².